The number of likely N-dealkylation sites (tertiary alicyclic amines) is 1. The van der Waals surface area contributed by atoms with Crippen LogP contribution in [0.3, 0.4) is 0 Å². The van der Waals surface area contributed by atoms with E-state index in [1.807, 2.05) is 11.8 Å². The molecule has 0 saturated carbocycles. The van der Waals surface area contributed by atoms with Gasteiger partial charge in [-0.05, 0) is 61.6 Å². The summed E-state index contributed by atoms with van der Waals surface area (Å²) in [4.78, 5) is 29.2. The minimum Gasteiger partial charge on any atom is -0.349 e. The van der Waals surface area contributed by atoms with Crippen molar-refractivity contribution in [3.05, 3.63) is 65.5 Å². The minimum atomic E-state index is -4.64. The third-order valence-electron chi connectivity index (χ3n) is 7.05. The highest BCUT2D eigenvalue weighted by molar-refractivity contribution is 7.90. The minimum absolute atomic E-state index is 0.0227. The van der Waals surface area contributed by atoms with Gasteiger partial charge in [-0.15, -0.1) is 0 Å². The van der Waals surface area contributed by atoms with Crippen LogP contribution < -0.4 is 5.32 Å². The highest BCUT2D eigenvalue weighted by atomic mass is 32.2. The summed E-state index contributed by atoms with van der Waals surface area (Å²) in [7, 11) is -3.32. The highest BCUT2D eigenvalue weighted by Crippen LogP contribution is 2.24. The molecule has 0 aliphatic carbocycles. The molecule has 40 heavy (non-hydrogen) atoms. The fourth-order valence-electron chi connectivity index (χ4n) is 5.01. The Hall–Kier alpha value is -2.99. The van der Waals surface area contributed by atoms with Crippen LogP contribution in [0.2, 0.25) is 0 Å². The number of likely N-dealkylation sites (N-methyl/N-ethyl adjacent to an activating group) is 1. The van der Waals surface area contributed by atoms with Crippen LogP contribution >= 0.6 is 0 Å². The predicted octanol–water partition coefficient (Wildman–Crippen LogP) is 4.28. The molecule has 2 aromatic rings. The molecule has 1 saturated heterocycles. The topological polar surface area (TPSA) is 86.8 Å². The zero-order chi connectivity index (χ0) is 29.5. The molecular formula is C28H35F4N3O4S. The number of amides is 2. The lowest BCUT2D eigenvalue weighted by Gasteiger charge is -2.38. The summed E-state index contributed by atoms with van der Waals surface area (Å²) in [5, 5.41) is 2.40. The summed E-state index contributed by atoms with van der Waals surface area (Å²) in [6.07, 6.45) is -3.24. The van der Waals surface area contributed by atoms with Crippen molar-refractivity contribution in [3.8, 4) is 0 Å². The van der Waals surface area contributed by atoms with Gasteiger partial charge in [-0.2, -0.15) is 13.2 Å². The molecular weight excluding hydrogens is 550 g/mol. The molecule has 0 aromatic heterocycles. The molecule has 3 rings (SSSR count). The molecule has 0 spiro atoms. The number of piperidine rings is 1. The summed E-state index contributed by atoms with van der Waals surface area (Å²) >= 11 is 0. The van der Waals surface area contributed by atoms with Gasteiger partial charge in [0.15, 0.2) is 9.84 Å². The highest BCUT2D eigenvalue weighted by Gasteiger charge is 2.32. The van der Waals surface area contributed by atoms with E-state index >= 15 is 0 Å². The quantitative estimate of drug-likeness (QED) is 0.398. The first-order valence-corrected chi connectivity index (χ1v) is 15.1. The molecule has 1 N–H and O–H groups in total. The fraction of sp³-hybridized carbons (Fsp3) is 0.500. The molecule has 0 bridgehead atoms. The Balaban J connectivity index is 1.55. The van der Waals surface area contributed by atoms with E-state index in [0.717, 1.165) is 11.8 Å². The van der Waals surface area contributed by atoms with Crippen molar-refractivity contribution in [2.75, 3.05) is 32.4 Å². The number of benzene rings is 2. The molecule has 1 aliphatic rings. The zero-order valence-electron chi connectivity index (χ0n) is 22.6. The van der Waals surface area contributed by atoms with Crippen LogP contribution in [-0.4, -0.2) is 74.7 Å². The third kappa shape index (κ3) is 9.58. The average molecular weight is 586 g/mol. The molecule has 2 amide bonds. The molecule has 1 fully saturated rings. The second-order valence-corrected chi connectivity index (χ2v) is 12.1. The second-order valence-electron chi connectivity index (χ2n) is 10.1. The number of halogens is 4. The lowest BCUT2D eigenvalue weighted by atomic mass is 9.99. The van der Waals surface area contributed by atoms with Gasteiger partial charge < -0.3 is 15.1 Å². The standard InChI is InChI=1S/C28H35F4N3O4S/c1-3-35(27(37)17-20-7-9-24(10-8-20)40(2,38)39)23-11-14-34(15-12-23)16-13-25(21-5-4-6-22(29)18-21)33-26(36)19-28(30,31)32/h4-10,18,23,25H,3,11-17,19H2,1-2H3,(H,33,36). The first-order valence-electron chi connectivity index (χ1n) is 13.2. The van der Waals surface area contributed by atoms with Crippen molar-refractivity contribution in [2.24, 2.45) is 0 Å². The van der Waals surface area contributed by atoms with Crippen molar-refractivity contribution in [3.63, 3.8) is 0 Å². The van der Waals surface area contributed by atoms with E-state index < -0.39 is 40.2 Å². The smallest absolute Gasteiger partial charge is 0.349 e. The zero-order valence-corrected chi connectivity index (χ0v) is 23.4. The maximum absolute atomic E-state index is 13.8. The van der Waals surface area contributed by atoms with Gasteiger partial charge in [-0.25, -0.2) is 12.8 Å². The first kappa shape index (κ1) is 31.5. The summed E-state index contributed by atoms with van der Waals surface area (Å²) in [6, 6.07) is 11.0. The summed E-state index contributed by atoms with van der Waals surface area (Å²) in [5.74, 6) is -1.75. The summed E-state index contributed by atoms with van der Waals surface area (Å²) in [5.41, 5.74) is 1.13. The monoisotopic (exact) mass is 585 g/mol. The van der Waals surface area contributed by atoms with E-state index in [1.54, 1.807) is 18.2 Å². The van der Waals surface area contributed by atoms with E-state index in [0.29, 0.717) is 51.0 Å². The fourth-order valence-corrected chi connectivity index (χ4v) is 5.64. The number of sulfone groups is 1. The average Bonchev–Trinajstić information content (AvgIpc) is 2.86. The molecule has 0 radical (unpaired) electrons. The van der Waals surface area contributed by atoms with E-state index in [4.69, 9.17) is 0 Å². The molecule has 1 heterocycles. The van der Waals surface area contributed by atoms with Crippen LogP contribution in [0.1, 0.15) is 49.8 Å². The van der Waals surface area contributed by atoms with Crippen LogP contribution in [0.15, 0.2) is 53.4 Å². The largest absolute Gasteiger partial charge is 0.397 e. The van der Waals surface area contributed by atoms with Gasteiger partial charge >= 0.3 is 6.18 Å². The van der Waals surface area contributed by atoms with Gasteiger partial charge in [0, 0.05) is 38.5 Å². The van der Waals surface area contributed by atoms with Gasteiger partial charge in [0.05, 0.1) is 17.4 Å². The lowest BCUT2D eigenvalue weighted by molar-refractivity contribution is -0.154. The molecule has 2 aromatic carbocycles. The Morgan fingerprint density at radius 2 is 1.75 bits per heavy atom. The van der Waals surface area contributed by atoms with Crippen LogP contribution in [0, 0.1) is 5.82 Å². The maximum atomic E-state index is 13.8. The van der Waals surface area contributed by atoms with Crippen molar-refractivity contribution in [2.45, 2.75) is 62.2 Å². The summed E-state index contributed by atoms with van der Waals surface area (Å²) in [6.45, 7) is 4.22. The Kier molecular flexibility index (Phi) is 10.7. The van der Waals surface area contributed by atoms with Crippen molar-refractivity contribution in [1.82, 2.24) is 15.1 Å². The number of rotatable bonds is 11. The molecule has 1 unspecified atom stereocenters. The van der Waals surface area contributed by atoms with Crippen LogP contribution in [-0.2, 0) is 25.8 Å². The molecule has 7 nitrogen and oxygen atoms in total. The van der Waals surface area contributed by atoms with Gasteiger partial charge in [-0.3, -0.25) is 9.59 Å². The van der Waals surface area contributed by atoms with E-state index in [2.05, 4.69) is 10.2 Å². The van der Waals surface area contributed by atoms with Gasteiger partial charge in [0.1, 0.15) is 12.2 Å². The number of hydrogen-bond acceptors (Lipinski definition) is 5. The van der Waals surface area contributed by atoms with Gasteiger partial charge in [0.25, 0.3) is 0 Å². The number of carbonyl (C=O) groups excluding carboxylic acids is 2. The number of hydrogen-bond donors (Lipinski definition) is 1. The van der Waals surface area contributed by atoms with Crippen LogP contribution in [0.25, 0.3) is 0 Å². The van der Waals surface area contributed by atoms with Gasteiger partial charge in [-0.1, -0.05) is 24.3 Å². The first-order chi connectivity index (χ1) is 18.7. The normalized spacial score (nSPS) is 15.9. The summed E-state index contributed by atoms with van der Waals surface area (Å²) < 4.78 is 75.2. The van der Waals surface area contributed by atoms with Crippen molar-refractivity contribution >= 4 is 21.7 Å². The van der Waals surface area contributed by atoms with E-state index in [1.165, 1.54) is 30.3 Å². The number of nitrogens with one attached hydrogen (secondary N) is 1. The van der Waals surface area contributed by atoms with E-state index in [-0.39, 0.29) is 23.3 Å². The predicted molar refractivity (Wildman–Crippen MR) is 143 cm³/mol. The SMILES string of the molecule is CCN(C(=O)Cc1ccc(S(C)(=O)=O)cc1)C1CCN(CCC(NC(=O)CC(F)(F)F)c2cccc(F)c2)CC1. The van der Waals surface area contributed by atoms with Crippen molar-refractivity contribution in [1.29, 1.82) is 0 Å². The Morgan fingerprint density at radius 3 is 2.30 bits per heavy atom. The number of alkyl halides is 3. The Bertz CT molecular complexity index is 1260. The lowest BCUT2D eigenvalue weighted by Crippen LogP contribution is -2.48. The third-order valence-corrected chi connectivity index (χ3v) is 8.18. The van der Waals surface area contributed by atoms with Crippen molar-refractivity contribution < 1.29 is 35.6 Å². The second kappa shape index (κ2) is 13.6. The van der Waals surface area contributed by atoms with Crippen LogP contribution in [0.5, 0.6) is 0 Å². The Labute approximate surface area is 232 Å². The van der Waals surface area contributed by atoms with E-state index in [9.17, 15) is 35.6 Å². The van der Waals surface area contributed by atoms with Crippen LogP contribution in [0.4, 0.5) is 17.6 Å². The molecule has 1 aliphatic heterocycles. The number of nitrogens with zero attached hydrogens (tertiary/aromatic N) is 2. The maximum Gasteiger partial charge on any atom is 0.397 e. The molecule has 12 heteroatoms. The number of carbonyl (C=O) groups is 2. The molecule has 1 atom stereocenters. The van der Waals surface area contributed by atoms with Gasteiger partial charge in [0.2, 0.25) is 11.8 Å². The Morgan fingerprint density at radius 1 is 1.10 bits per heavy atom. The molecule has 220 valence electrons.